The van der Waals surface area contributed by atoms with Crippen LogP contribution in [0.4, 0.5) is 0 Å². The summed E-state index contributed by atoms with van der Waals surface area (Å²) >= 11 is 0. The van der Waals surface area contributed by atoms with Crippen molar-refractivity contribution in [2.75, 3.05) is 7.11 Å². The number of aromatic nitrogens is 1. The minimum absolute atomic E-state index is 0.871. The molecule has 0 N–H and O–H groups in total. The molecular formula is C30H23NO. The highest BCUT2D eigenvalue weighted by atomic mass is 16.5. The van der Waals surface area contributed by atoms with Crippen molar-refractivity contribution in [2.24, 2.45) is 7.05 Å². The van der Waals surface area contributed by atoms with E-state index in [0.29, 0.717) is 0 Å². The van der Waals surface area contributed by atoms with Crippen LogP contribution in [0.5, 0.6) is 5.75 Å². The second-order valence-corrected chi connectivity index (χ2v) is 8.19. The molecule has 0 bridgehead atoms. The van der Waals surface area contributed by atoms with Crippen molar-refractivity contribution in [2.45, 2.75) is 0 Å². The first-order chi connectivity index (χ1) is 15.8. The molecule has 32 heavy (non-hydrogen) atoms. The van der Waals surface area contributed by atoms with Gasteiger partial charge in [0.15, 0.2) is 0 Å². The van der Waals surface area contributed by atoms with Crippen LogP contribution in [0.1, 0.15) is 0 Å². The predicted octanol–water partition coefficient (Wildman–Crippen LogP) is 7.83. The van der Waals surface area contributed by atoms with Gasteiger partial charge in [0.05, 0.1) is 12.6 Å². The van der Waals surface area contributed by atoms with E-state index in [0.717, 1.165) is 5.75 Å². The summed E-state index contributed by atoms with van der Waals surface area (Å²) in [5, 5.41) is 4.99. The van der Waals surface area contributed by atoms with Crippen LogP contribution in [0.2, 0.25) is 0 Å². The van der Waals surface area contributed by atoms with Gasteiger partial charge in [-0.15, -0.1) is 0 Å². The lowest BCUT2D eigenvalue weighted by molar-refractivity contribution is 0.415. The SMILES string of the molecule is COc1ccc2c(-c3ccccc3)c(-c3ccccc3)c3c4ccccc4n(C)c3c2c1. The van der Waals surface area contributed by atoms with Crippen molar-refractivity contribution in [1.29, 1.82) is 0 Å². The molecule has 1 aromatic heterocycles. The third kappa shape index (κ3) is 2.66. The summed E-state index contributed by atoms with van der Waals surface area (Å²) in [6, 6.07) is 36.7. The van der Waals surface area contributed by atoms with Crippen LogP contribution in [0.3, 0.4) is 0 Å². The Morgan fingerprint density at radius 3 is 1.91 bits per heavy atom. The molecule has 0 spiro atoms. The van der Waals surface area contributed by atoms with E-state index in [1.807, 2.05) is 0 Å². The average Bonchev–Trinajstić information content (AvgIpc) is 3.16. The molecule has 0 saturated carbocycles. The van der Waals surface area contributed by atoms with Gasteiger partial charge in [-0.1, -0.05) is 78.9 Å². The Balaban J connectivity index is 1.96. The zero-order valence-electron chi connectivity index (χ0n) is 18.2. The lowest BCUT2D eigenvalue weighted by Crippen LogP contribution is -1.94. The first-order valence-electron chi connectivity index (χ1n) is 10.9. The Kier molecular flexibility index (Phi) is 4.26. The molecule has 0 aliphatic rings. The third-order valence-electron chi connectivity index (χ3n) is 6.48. The van der Waals surface area contributed by atoms with Crippen LogP contribution >= 0.6 is 0 Å². The van der Waals surface area contributed by atoms with Crippen LogP contribution < -0.4 is 4.74 Å². The van der Waals surface area contributed by atoms with Crippen molar-refractivity contribution < 1.29 is 4.74 Å². The standard InChI is InChI=1S/C30H23NO/c1-31-26-16-10-9-15-24(26)29-28(21-13-7-4-8-14-21)27(20-11-5-3-6-12-20)23-18-17-22(32-2)19-25(23)30(29)31/h3-19H,1-2H3. The normalized spacial score (nSPS) is 11.4. The number of benzene rings is 5. The number of aryl methyl sites for hydroxylation is 1. The summed E-state index contributed by atoms with van der Waals surface area (Å²) in [5.41, 5.74) is 7.45. The fourth-order valence-electron chi connectivity index (χ4n) is 5.08. The lowest BCUT2D eigenvalue weighted by Gasteiger charge is -2.18. The summed E-state index contributed by atoms with van der Waals surface area (Å²) in [6.45, 7) is 0. The number of methoxy groups -OCH3 is 1. The fourth-order valence-corrected chi connectivity index (χ4v) is 5.08. The number of para-hydroxylation sites is 1. The quantitative estimate of drug-likeness (QED) is 0.288. The van der Waals surface area contributed by atoms with Gasteiger partial charge in [-0.3, -0.25) is 0 Å². The van der Waals surface area contributed by atoms with Crippen LogP contribution in [0, 0.1) is 0 Å². The Labute approximate surface area is 187 Å². The summed E-state index contributed by atoms with van der Waals surface area (Å²) < 4.78 is 7.96. The van der Waals surface area contributed by atoms with Gasteiger partial charge in [-0.05, 0) is 46.3 Å². The Morgan fingerprint density at radius 1 is 0.594 bits per heavy atom. The highest BCUT2D eigenvalue weighted by Gasteiger charge is 2.22. The zero-order valence-corrected chi connectivity index (χ0v) is 18.2. The minimum atomic E-state index is 0.871. The minimum Gasteiger partial charge on any atom is -0.497 e. The molecule has 0 saturated heterocycles. The number of rotatable bonds is 3. The molecule has 5 aromatic carbocycles. The number of nitrogens with zero attached hydrogens (tertiary/aromatic N) is 1. The average molecular weight is 414 g/mol. The zero-order chi connectivity index (χ0) is 21.7. The summed E-state index contributed by atoms with van der Waals surface area (Å²) in [5.74, 6) is 0.871. The van der Waals surface area contributed by atoms with Crippen LogP contribution in [0.15, 0.2) is 103 Å². The summed E-state index contributed by atoms with van der Waals surface area (Å²) in [4.78, 5) is 0. The molecule has 6 rings (SSSR count). The largest absolute Gasteiger partial charge is 0.497 e. The molecule has 0 fully saturated rings. The number of fused-ring (bicyclic) bond motifs is 5. The highest BCUT2D eigenvalue weighted by molar-refractivity contribution is 6.28. The van der Waals surface area contributed by atoms with Crippen molar-refractivity contribution in [3.05, 3.63) is 103 Å². The van der Waals surface area contributed by atoms with E-state index < -0.39 is 0 Å². The molecule has 2 nitrogen and oxygen atoms in total. The molecule has 0 amide bonds. The molecule has 6 aromatic rings. The first-order valence-corrected chi connectivity index (χ1v) is 10.9. The van der Waals surface area contributed by atoms with E-state index in [1.54, 1.807) is 7.11 Å². The second kappa shape index (κ2) is 7.28. The van der Waals surface area contributed by atoms with Crippen molar-refractivity contribution in [3.8, 4) is 28.0 Å². The maximum Gasteiger partial charge on any atom is 0.119 e. The van der Waals surface area contributed by atoms with Gasteiger partial charge in [0.2, 0.25) is 0 Å². The molecular weight excluding hydrogens is 390 g/mol. The van der Waals surface area contributed by atoms with Gasteiger partial charge >= 0.3 is 0 Å². The van der Waals surface area contributed by atoms with E-state index in [-0.39, 0.29) is 0 Å². The van der Waals surface area contributed by atoms with Gasteiger partial charge in [-0.25, -0.2) is 0 Å². The van der Waals surface area contributed by atoms with E-state index in [9.17, 15) is 0 Å². The Morgan fingerprint density at radius 2 is 1.22 bits per heavy atom. The fraction of sp³-hybridized carbons (Fsp3) is 0.0667. The third-order valence-corrected chi connectivity index (χ3v) is 6.48. The van der Waals surface area contributed by atoms with E-state index in [2.05, 4.69) is 115 Å². The van der Waals surface area contributed by atoms with Gasteiger partial charge in [-0.2, -0.15) is 0 Å². The maximum absolute atomic E-state index is 5.64. The van der Waals surface area contributed by atoms with Gasteiger partial charge in [0, 0.05) is 34.3 Å². The van der Waals surface area contributed by atoms with Crippen LogP contribution in [0.25, 0.3) is 54.8 Å². The topological polar surface area (TPSA) is 14.2 Å². The van der Waals surface area contributed by atoms with Crippen molar-refractivity contribution in [3.63, 3.8) is 0 Å². The molecule has 0 aliphatic carbocycles. The molecule has 154 valence electrons. The molecule has 0 atom stereocenters. The van der Waals surface area contributed by atoms with Gasteiger partial charge in [0.25, 0.3) is 0 Å². The Bertz CT molecular complexity index is 1590. The summed E-state index contributed by atoms with van der Waals surface area (Å²) in [7, 11) is 3.90. The number of hydrogen-bond donors (Lipinski definition) is 0. The number of ether oxygens (including phenoxy) is 1. The lowest BCUT2D eigenvalue weighted by atomic mass is 9.86. The molecule has 1 heterocycles. The maximum atomic E-state index is 5.64. The Hall–Kier alpha value is -4.04. The van der Waals surface area contributed by atoms with Crippen LogP contribution in [-0.2, 0) is 7.05 Å². The molecule has 2 heteroatoms. The monoisotopic (exact) mass is 413 g/mol. The smallest absolute Gasteiger partial charge is 0.119 e. The molecule has 0 radical (unpaired) electrons. The van der Waals surface area contributed by atoms with E-state index >= 15 is 0 Å². The van der Waals surface area contributed by atoms with E-state index in [4.69, 9.17) is 4.74 Å². The second-order valence-electron chi connectivity index (χ2n) is 8.19. The molecule has 0 unspecified atom stereocenters. The van der Waals surface area contributed by atoms with Crippen LogP contribution in [-0.4, -0.2) is 11.7 Å². The predicted molar refractivity (Wildman–Crippen MR) is 135 cm³/mol. The first kappa shape index (κ1) is 18.7. The molecule has 0 aliphatic heterocycles. The number of hydrogen-bond acceptors (Lipinski definition) is 1. The highest BCUT2D eigenvalue weighted by Crippen LogP contribution is 2.48. The van der Waals surface area contributed by atoms with Crippen molar-refractivity contribution >= 4 is 32.6 Å². The van der Waals surface area contributed by atoms with E-state index in [1.165, 1.54) is 54.8 Å². The van der Waals surface area contributed by atoms with Crippen molar-refractivity contribution in [1.82, 2.24) is 4.57 Å². The van der Waals surface area contributed by atoms with Gasteiger partial charge in [0.1, 0.15) is 5.75 Å². The summed E-state index contributed by atoms with van der Waals surface area (Å²) in [6.07, 6.45) is 0. The van der Waals surface area contributed by atoms with Gasteiger partial charge < -0.3 is 9.30 Å².